The number of rotatable bonds is 8. The van der Waals surface area contributed by atoms with E-state index in [1.54, 1.807) is 6.26 Å². The molecule has 8 heteroatoms. The maximum Gasteiger partial charge on any atom is 0.338 e. The van der Waals surface area contributed by atoms with E-state index >= 15 is 0 Å². The van der Waals surface area contributed by atoms with Crippen LogP contribution in [0.15, 0.2) is 53.4 Å². The van der Waals surface area contributed by atoms with E-state index in [4.69, 9.17) is 4.74 Å². The van der Waals surface area contributed by atoms with E-state index in [9.17, 15) is 19.7 Å². The van der Waals surface area contributed by atoms with Crippen LogP contribution in [0.3, 0.4) is 0 Å². The maximum atomic E-state index is 12.1. The van der Waals surface area contributed by atoms with E-state index in [2.05, 4.69) is 5.32 Å². The first kappa shape index (κ1) is 20.4. The van der Waals surface area contributed by atoms with E-state index in [-0.39, 0.29) is 17.2 Å². The Kier molecular flexibility index (Phi) is 7.36. The summed E-state index contributed by atoms with van der Waals surface area (Å²) in [6.07, 6.45) is 1.71. The van der Waals surface area contributed by atoms with Gasteiger partial charge in [0.2, 0.25) is 0 Å². The van der Waals surface area contributed by atoms with Crippen LogP contribution in [0.1, 0.15) is 28.8 Å². The molecule has 0 aliphatic heterocycles. The molecule has 2 aromatic carbocycles. The van der Waals surface area contributed by atoms with E-state index in [1.807, 2.05) is 37.3 Å². The molecule has 0 aliphatic rings. The lowest BCUT2D eigenvalue weighted by Gasteiger charge is -2.13. The number of carbonyl (C=O) groups excluding carboxylic acids is 2. The molecule has 7 nitrogen and oxygen atoms in total. The summed E-state index contributed by atoms with van der Waals surface area (Å²) in [4.78, 5) is 34.9. The number of esters is 1. The summed E-state index contributed by atoms with van der Waals surface area (Å²) in [5.74, 6) is -1.09. The normalized spacial score (nSPS) is 11.5. The Bertz CT molecular complexity index is 826. The van der Waals surface area contributed by atoms with Crippen molar-refractivity contribution in [1.29, 1.82) is 0 Å². The van der Waals surface area contributed by atoms with Crippen LogP contribution in [0.2, 0.25) is 0 Å². The fourth-order valence-corrected chi connectivity index (χ4v) is 2.94. The molecule has 2 rings (SSSR count). The fourth-order valence-electron chi connectivity index (χ4n) is 2.39. The van der Waals surface area contributed by atoms with Gasteiger partial charge in [-0.2, -0.15) is 0 Å². The number of hydrogen-bond acceptors (Lipinski definition) is 6. The first-order valence-corrected chi connectivity index (χ1v) is 9.46. The molecule has 0 saturated heterocycles. The molecule has 0 unspecified atom stereocenters. The molecule has 1 atom stereocenters. The standard InChI is InChI=1S/C19H20N2O5S/c1-13(14-6-4-3-5-7-14)11-20-18(22)12-26-19(23)15-8-9-17(27-2)16(10-15)21(24)25/h3-10,13H,11-12H2,1-2H3,(H,20,22)/t13-/m0/s1. The van der Waals surface area contributed by atoms with Crippen LogP contribution in [0.5, 0.6) is 0 Å². The summed E-state index contributed by atoms with van der Waals surface area (Å²) in [5, 5.41) is 13.8. The molecule has 0 spiro atoms. The predicted molar refractivity (Wildman–Crippen MR) is 103 cm³/mol. The zero-order chi connectivity index (χ0) is 19.8. The van der Waals surface area contributed by atoms with Crippen molar-refractivity contribution in [2.75, 3.05) is 19.4 Å². The number of carbonyl (C=O) groups is 2. The van der Waals surface area contributed by atoms with Gasteiger partial charge in [-0.15, -0.1) is 11.8 Å². The second kappa shape index (κ2) is 9.72. The van der Waals surface area contributed by atoms with Crippen LogP contribution < -0.4 is 5.32 Å². The van der Waals surface area contributed by atoms with Crippen molar-refractivity contribution in [3.8, 4) is 0 Å². The molecule has 1 N–H and O–H groups in total. The Morgan fingerprint density at radius 2 is 1.93 bits per heavy atom. The van der Waals surface area contributed by atoms with Gasteiger partial charge in [-0.1, -0.05) is 37.3 Å². The summed E-state index contributed by atoms with van der Waals surface area (Å²) in [6.45, 7) is 1.95. The number of hydrogen-bond donors (Lipinski definition) is 1. The molecule has 0 bridgehead atoms. The highest BCUT2D eigenvalue weighted by molar-refractivity contribution is 7.98. The lowest BCUT2D eigenvalue weighted by Crippen LogP contribution is -2.31. The number of nitro groups is 1. The van der Waals surface area contributed by atoms with Crippen molar-refractivity contribution in [3.63, 3.8) is 0 Å². The summed E-state index contributed by atoms with van der Waals surface area (Å²) in [6, 6.07) is 13.8. The fraction of sp³-hybridized carbons (Fsp3) is 0.263. The monoisotopic (exact) mass is 388 g/mol. The van der Waals surface area contributed by atoms with Gasteiger partial charge in [0.25, 0.3) is 11.6 Å². The van der Waals surface area contributed by atoms with Crippen LogP contribution in [-0.4, -0.2) is 36.2 Å². The average molecular weight is 388 g/mol. The molecule has 0 heterocycles. The molecule has 2 aromatic rings. The first-order valence-electron chi connectivity index (χ1n) is 8.23. The second-order valence-electron chi connectivity index (χ2n) is 5.84. The zero-order valence-corrected chi connectivity index (χ0v) is 15.8. The van der Waals surface area contributed by atoms with Crippen LogP contribution >= 0.6 is 11.8 Å². The summed E-state index contributed by atoms with van der Waals surface area (Å²) >= 11 is 1.21. The van der Waals surface area contributed by atoms with Gasteiger partial charge in [0.15, 0.2) is 6.61 Å². The van der Waals surface area contributed by atoms with Crippen LogP contribution in [-0.2, 0) is 9.53 Å². The lowest BCUT2D eigenvalue weighted by molar-refractivity contribution is -0.387. The molecule has 0 fully saturated rings. The number of nitrogens with zero attached hydrogens (tertiary/aromatic N) is 1. The number of benzene rings is 2. The van der Waals surface area contributed by atoms with E-state index in [0.29, 0.717) is 11.4 Å². The SMILES string of the molecule is CSc1ccc(C(=O)OCC(=O)NC[C@H](C)c2ccccc2)cc1[N+](=O)[O-]. The third kappa shape index (κ3) is 5.82. The highest BCUT2D eigenvalue weighted by atomic mass is 32.2. The Morgan fingerprint density at radius 3 is 2.56 bits per heavy atom. The van der Waals surface area contributed by atoms with Crippen molar-refractivity contribution in [3.05, 3.63) is 69.8 Å². The van der Waals surface area contributed by atoms with Crippen LogP contribution in [0.25, 0.3) is 0 Å². The van der Waals surface area contributed by atoms with Gasteiger partial charge in [-0.25, -0.2) is 4.79 Å². The third-order valence-corrected chi connectivity index (χ3v) is 4.70. The Labute approximate surface area is 161 Å². The highest BCUT2D eigenvalue weighted by Gasteiger charge is 2.18. The van der Waals surface area contributed by atoms with Crippen molar-refractivity contribution in [2.45, 2.75) is 17.7 Å². The van der Waals surface area contributed by atoms with Crippen molar-refractivity contribution >= 4 is 29.3 Å². The van der Waals surface area contributed by atoms with Gasteiger partial charge in [0.1, 0.15) is 0 Å². The van der Waals surface area contributed by atoms with Gasteiger partial charge < -0.3 is 10.1 Å². The number of ether oxygens (including phenoxy) is 1. The summed E-state index contributed by atoms with van der Waals surface area (Å²) < 4.78 is 4.96. The molecule has 1 amide bonds. The van der Waals surface area contributed by atoms with Gasteiger partial charge in [-0.05, 0) is 29.9 Å². The van der Waals surface area contributed by atoms with Crippen molar-refractivity contribution in [1.82, 2.24) is 5.32 Å². The number of nitrogens with one attached hydrogen (secondary N) is 1. The van der Waals surface area contributed by atoms with Crippen molar-refractivity contribution in [2.24, 2.45) is 0 Å². The smallest absolute Gasteiger partial charge is 0.338 e. The van der Waals surface area contributed by atoms with Gasteiger partial charge in [-0.3, -0.25) is 14.9 Å². The first-order chi connectivity index (χ1) is 12.9. The summed E-state index contributed by atoms with van der Waals surface area (Å²) in [7, 11) is 0. The predicted octanol–water partition coefficient (Wildman–Crippen LogP) is 3.39. The minimum Gasteiger partial charge on any atom is -0.452 e. The molecule has 142 valence electrons. The molecule has 0 radical (unpaired) electrons. The van der Waals surface area contributed by atoms with E-state index < -0.39 is 23.4 Å². The number of amides is 1. The molecule has 0 saturated carbocycles. The largest absolute Gasteiger partial charge is 0.452 e. The minimum absolute atomic E-state index is 0.0324. The molecular weight excluding hydrogens is 368 g/mol. The number of thioether (sulfide) groups is 1. The third-order valence-electron chi connectivity index (χ3n) is 3.92. The topological polar surface area (TPSA) is 98.5 Å². The maximum absolute atomic E-state index is 12.1. The van der Waals surface area contributed by atoms with E-state index in [1.165, 1.54) is 23.9 Å². The molecule has 27 heavy (non-hydrogen) atoms. The van der Waals surface area contributed by atoms with Gasteiger partial charge >= 0.3 is 5.97 Å². The quantitative estimate of drug-likeness (QED) is 0.322. The molecule has 0 aliphatic carbocycles. The van der Waals surface area contributed by atoms with Gasteiger partial charge in [0, 0.05) is 12.6 Å². The van der Waals surface area contributed by atoms with Crippen molar-refractivity contribution < 1.29 is 19.2 Å². The molecule has 0 aromatic heterocycles. The van der Waals surface area contributed by atoms with Crippen LogP contribution in [0.4, 0.5) is 5.69 Å². The zero-order valence-electron chi connectivity index (χ0n) is 15.0. The van der Waals surface area contributed by atoms with Gasteiger partial charge in [0.05, 0.1) is 15.4 Å². The summed E-state index contributed by atoms with van der Waals surface area (Å²) in [5.41, 5.74) is 0.957. The number of nitro benzene ring substituents is 1. The van der Waals surface area contributed by atoms with E-state index in [0.717, 1.165) is 11.6 Å². The average Bonchev–Trinajstić information content (AvgIpc) is 2.70. The Morgan fingerprint density at radius 1 is 1.22 bits per heavy atom. The van der Waals surface area contributed by atoms with Crippen LogP contribution in [0, 0.1) is 10.1 Å². The Balaban J connectivity index is 1.87. The lowest BCUT2D eigenvalue weighted by atomic mass is 10.0. The molecular formula is C19H20N2O5S. The highest BCUT2D eigenvalue weighted by Crippen LogP contribution is 2.28. The minimum atomic E-state index is -0.781. The second-order valence-corrected chi connectivity index (χ2v) is 6.68. The Hall–Kier alpha value is -2.87.